The van der Waals surface area contributed by atoms with Crippen LogP contribution in [0, 0.1) is 0 Å². The Kier molecular flexibility index (Phi) is 2.73. The van der Waals surface area contributed by atoms with Crippen molar-refractivity contribution in [1.82, 2.24) is 15.0 Å². The molecular weight excluding hydrogens is 248 g/mol. The quantitative estimate of drug-likeness (QED) is 0.675. The van der Waals surface area contributed by atoms with Gasteiger partial charge in [-0.3, -0.25) is 0 Å². The van der Waals surface area contributed by atoms with Gasteiger partial charge in [0.25, 0.3) is 0 Å². The summed E-state index contributed by atoms with van der Waals surface area (Å²) in [6.07, 6.45) is 1.86. The van der Waals surface area contributed by atoms with Crippen LogP contribution in [-0.4, -0.2) is 27.1 Å². The number of rotatable bonds is 3. The van der Waals surface area contributed by atoms with Crippen LogP contribution in [0.25, 0.3) is 21.6 Å². The highest BCUT2D eigenvalue weighted by Crippen LogP contribution is 2.31. The van der Waals surface area contributed by atoms with Gasteiger partial charge >= 0.3 is 0 Å². The van der Waals surface area contributed by atoms with Crippen molar-refractivity contribution in [3.8, 4) is 10.6 Å². The molecule has 0 aromatic carbocycles. The van der Waals surface area contributed by atoms with Crippen LogP contribution in [0.3, 0.4) is 0 Å². The first-order chi connectivity index (χ1) is 8.81. The molecule has 0 atom stereocenters. The van der Waals surface area contributed by atoms with Gasteiger partial charge in [-0.05, 0) is 12.1 Å². The second-order valence-electron chi connectivity index (χ2n) is 3.85. The molecule has 92 valence electrons. The highest BCUT2D eigenvalue weighted by molar-refractivity contribution is 7.13. The van der Waals surface area contributed by atoms with E-state index in [2.05, 4.69) is 20.3 Å². The number of aromatic amines is 1. The summed E-state index contributed by atoms with van der Waals surface area (Å²) in [4.78, 5) is 11.9. The summed E-state index contributed by atoms with van der Waals surface area (Å²) in [6.45, 7) is -0.0310. The fraction of sp³-hybridized carbons (Fsp3) is 0.167. The predicted molar refractivity (Wildman–Crippen MR) is 72.7 cm³/mol. The maximum absolute atomic E-state index is 9.09. The molecule has 0 aliphatic carbocycles. The maximum Gasteiger partial charge on any atom is 0.140 e. The van der Waals surface area contributed by atoms with Gasteiger partial charge in [0.2, 0.25) is 0 Å². The van der Waals surface area contributed by atoms with Crippen LogP contribution in [0.1, 0.15) is 5.69 Å². The molecular formula is C12H12N4OS. The maximum atomic E-state index is 9.09. The van der Waals surface area contributed by atoms with Gasteiger partial charge in [-0.15, -0.1) is 11.3 Å². The number of aliphatic hydroxyl groups excluding tert-OH is 1. The Bertz CT molecular complexity index is 688. The Labute approximate surface area is 108 Å². The van der Waals surface area contributed by atoms with Gasteiger partial charge < -0.3 is 15.4 Å². The smallest absolute Gasteiger partial charge is 0.140 e. The SMILES string of the molecule is CNc1cc(-c2nc(CO)cs2)c2cc[nH]c2n1. The minimum absolute atomic E-state index is 0.0310. The van der Waals surface area contributed by atoms with Crippen molar-refractivity contribution < 1.29 is 5.11 Å². The molecule has 3 aromatic rings. The fourth-order valence-corrected chi connectivity index (χ4v) is 2.69. The summed E-state index contributed by atoms with van der Waals surface area (Å²) in [6, 6.07) is 3.95. The van der Waals surface area contributed by atoms with E-state index in [1.54, 1.807) is 0 Å². The number of fused-ring (bicyclic) bond motifs is 1. The molecule has 6 heteroatoms. The lowest BCUT2D eigenvalue weighted by Gasteiger charge is -2.04. The molecule has 0 saturated carbocycles. The number of hydrogen-bond donors (Lipinski definition) is 3. The molecule has 0 fully saturated rings. The molecule has 18 heavy (non-hydrogen) atoms. The molecule has 0 saturated heterocycles. The number of anilines is 1. The van der Waals surface area contributed by atoms with Crippen molar-refractivity contribution >= 4 is 28.2 Å². The first kappa shape index (κ1) is 11.2. The Morgan fingerprint density at radius 1 is 1.44 bits per heavy atom. The zero-order valence-electron chi connectivity index (χ0n) is 9.77. The summed E-state index contributed by atoms with van der Waals surface area (Å²) < 4.78 is 0. The largest absolute Gasteiger partial charge is 0.390 e. The van der Waals surface area contributed by atoms with Crippen LogP contribution in [0.2, 0.25) is 0 Å². The molecule has 0 spiro atoms. The number of thiazole rings is 1. The minimum atomic E-state index is -0.0310. The molecule has 3 rings (SSSR count). The first-order valence-corrected chi connectivity index (χ1v) is 6.41. The van der Waals surface area contributed by atoms with E-state index in [9.17, 15) is 0 Å². The molecule has 3 aromatic heterocycles. The second-order valence-corrected chi connectivity index (χ2v) is 4.71. The van der Waals surface area contributed by atoms with Gasteiger partial charge in [-0.2, -0.15) is 0 Å². The van der Waals surface area contributed by atoms with Crippen molar-refractivity contribution in [3.05, 3.63) is 29.4 Å². The van der Waals surface area contributed by atoms with Gasteiger partial charge in [-0.25, -0.2) is 9.97 Å². The number of hydrogen-bond acceptors (Lipinski definition) is 5. The molecule has 0 unspecified atom stereocenters. The fourth-order valence-electron chi connectivity index (χ4n) is 1.85. The van der Waals surface area contributed by atoms with Crippen LogP contribution in [0.15, 0.2) is 23.7 Å². The van der Waals surface area contributed by atoms with E-state index in [0.717, 1.165) is 27.4 Å². The number of pyridine rings is 1. The standard InChI is InChI=1S/C12H12N4OS/c1-13-10-4-9(8-2-3-14-11(8)16-10)12-15-7(5-17)6-18-12/h2-4,6,17H,5H2,1H3,(H2,13,14,16). The third-order valence-electron chi connectivity index (χ3n) is 2.73. The Hall–Kier alpha value is -1.92. The van der Waals surface area contributed by atoms with Crippen LogP contribution < -0.4 is 5.32 Å². The lowest BCUT2D eigenvalue weighted by Crippen LogP contribution is -1.93. The Morgan fingerprint density at radius 3 is 3.06 bits per heavy atom. The number of aromatic nitrogens is 3. The van der Waals surface area contributed by atoms with Crippen molar-refractivity contribution in [1.29, 1.82) is 0 Å². The molecule has 3 N–H and O–H groups in total. The summed E-state index contributed by atoms with van der Waals surface area (Å²) in [5.74, 6) is 0.792. The first-order valence-electron chi connectivity index (χ1n) is 5.53. The Morgan fingerprint density at radius 2 is 2.33 bits per heavy atom. The average molecular weight is 260 g/mol. The molecule has 5 nitrogen and oxygen atoms in total. The van der Waals surface area contributed by atoms with E-state index >= 15 is 0 Å². The number of aliphatic hydroxyl groups is 1. The van der Waals surface area contributed by atoms with Gasteiger partial charge in [0.1, 0.15) is 16.5 Å². The van der Waals surface area contributed by atoms with E-state index in [0.29, 0.717) is 5.69 Å². The highest BCUT2D eigenvalue weighted by Gasteiger charge is 2.11. The normalized spacial score (nSPS) is 11.0. The Balaban J connectivity index is 2.22. The van der Waals surface area contributed by atoms with Gasteiger partial charge in [0.15, 0.2) is 0 Å². The van der Waals surface area contributed by atoms with Crippen LogP contribution >= 0.6 is 11.3 Å². The zero-order chi connectivity index (χ0) is 12.5. The number of H-pyrrole nitrogens is 1. The third kappa shape index (κ3) is 1.75. The van der Waals surface area contributed by atoms with E-state index in [4.69, 9.17) is 5.11 Å². The molecule has 0 radical (unpaired) electrons. The van der Waals surface area contributed by atoms with Crippen LogP contribution in [-0.2, 0) is 6.61 Å². The van der Waals surface area contributed by atoms with Gasteiger partial charge in [-0.1, -0.05) is 0 Å². The zero-order valence-corrected chi connectivity index (χ0v) is 10.6. The minimum Gasteiger partial charge on any atom is -0.390 e. The van der Waals surface area contributed by atoms with E-state index < -0.39 is 0 Å². The molecule has 3 heterocycles. The summed E-state index contributed by atoms with van der Waals surface area (Å²) >= 11 is 1.52. The number of nitrogens with one attached hydrogen (secondary N) is 2. The van der Waals surface area contributed by atoms with Crippen LogP contribution in [0.4, 0.5) is 5.82 Å². The summed E-state index contributed by atoms with van der Waals surface area (Å²) in [7, 11) is 1.84. The van der Waals surface area contributed by atoms with Gasteiger partial charge in [0, 0.05) is 29.6 Å². The lowest BCUT2D eigenvalue weighted by atomic mass is 10.2. The summed E-state index contributed by atoms with van der Waals surface area (Å²) in [5.41, 5.74) is 2.55. The molecule has 0 aliphatic heterocycles. The van der Waals surface area contributed by atoms with E-state index in [-0.39, 0.29) is 6.61 Å². The third-order valence-corrected chi connectivity index (χ3v) is 3.65. The molecule has 0 aliphatic rings. The average Bonchev–Trinajstić information content (AvgIpc) is 3.05. The van der Waals surface area contributed by atoms with Crippen LogP contribution in [0.5, 0.6) is 0 Å². The monoisotopic (exact) mass is 260 g/mol. The number of nitrogens with zero attached hydrogens (tertiary/aromatic N) is 2. The lowest BCUT2D eigenvalue weighted by molar-refractivity contribution is 0.278. The molecule has 0 bridgehead atoms. The van der Waals surface area contributed by atoms with Crippen molar-refractivity contribution in [2.24, 2.45) is 0 Å². The van der Waals surface area contributed by atoms with Crippen molar-refractivity contribution in [3.63, 3.8) is 0 Å². The summed E-state index contributed by atoms with van der Waals surface area (Å²) in [5, 5.41) is 15.9. The predicted octanol–water partition coefficient (Wildman–Crippen LogP) is 2.22. The van der Waals surface area contributed by atoms with Gasteiger partial charge in [0.05, 0.1) is 12.3 Å². The van der Waals surface area contributed by atoms with E-state index in [1.165, 1.54) is 11.3 Å². The van der Waals surface area contributed by atoms with Crippen molar-refractivity contribution in [2.75, 3.05) is 12.4 Å². The second kappa shape index (κ2) is 4.40. The molecule has 0 amide bonds. The van der Waals surface area contributed by atoms with Crippen molar-refractivity contribution in [2.45, 2.75) is 6.61 Å². The topological polar surface area (TPSA) is 73.8 Å². The highest BCUT2D eigenvalue weighted by atomic mass is 32.1. The van der Waals surface area contributed by atoms with E-state index in [1.807, 2.05) is 30.8 Å².